The standard InChI is InChI=1S/C18H30N2/c1-14-5-6-16(3)20(12-14)13-17-7-9-18(10-8-17)15(2)11-19-4/h7-10,14-16,19H,5-6,11-13H2,1-4H3. The highest BCUT2D eigenvalue weighted by Crippen LogP contribution is 2.23. The summed E-state index contributed by atoms with van der Waals surface area (Å²) < 4.78 is 0. The summed E-state index contributed by atoms with van der Waals surface area (Å²) in [5, 5.41) is 3.25. The van der Waals surface area contributed by atoms with Gasteiger partial charge >= 0.3 is 0 Å². The van der Waals surface area contributed by atoms with Crippen LogP contribution in [0.25, 0.3) is 0 Å². The highest BCUT2D eigenvalue weighted by atomic mass is 15.2. The van der Waals surface area contributed by atoms with Gasteiger partial charge in [0, 0.05) is 25.7 Å². The Bertz CT molecular complexity index is 398. The van der Waals surface area contributed by atoms with E-state index >= 15 is 0 Å². The maximum absolute atomic E-state index is 3.25. The number of likely N-dealkylation sites (tertiary alicyclic amines) is 1. The Labute approximate surface area is 124 Å². The molecule has 0 saturated carbocycles. The van der Waals surface area contributed by atoms with Gasteiger partial charge in [-0.25, -0.2) is 0 Å². The molecule has 1 fully saturated rings. The minimum Gasteiger partial charge on any atom is -0.319 e. The molecule has 0 amide bonds. The third-order valence-electron chi connectivity index (χ3n) is 4.69. The van der Waals surface area contributed by atoms with Gasteiger partial charge in [-0.2, -0.15) is 0 Å². The summed E-state index contributed by atoms with van der Waals surface area (Å²) >= 11 is 0. The first-order chi connectivity index (χ1) is 9.60. The predicted octanol–water partition coefficient (Wildman–Crippen LogP) is 3.63. The van der Waals surface area contributed by atoms with Gasteiger partial charge in [-0.3, -0.25) is 4.90 Å². The molecule has 0 aromatic heterocycles. The minimum atomic E-state index is 0.586. The minimum absolute atomic E-state index is 0.586. The van der Waals surface area contributed by atoms with Crippen LogP contribution in [0.2, 0.25) is 0 Å². The van der Waals surface area contributed by atoms with Crippen LogP contribution < -0.4 is 5.32 Å². The van der Waals surface area contributed by atoms with E-state index in [4.69, 9.17) is 0 Å². The number of likely N-dealkylation sites (N-methyl/N-ethyl adjacent to an activating group) is 1. The molecule has 3 atom stereocenters. The Kier molecular flexibility index (Phi) is 5.62. The largest absolute Gasteiger partial charge is 0.319 e. The Balaban J connectivity index is 1.96. The topological polar surface area (TPSA) is 15.3 Å². The van der Waals surface area contributed by atoms with E-state index in [0.717, 1.165) is 25.0 Å². The summed E-state index contributed by atoms with van der Waals surface area (Å²) in [6.45, 7) is 10.4. The lowest BCUT2D eigenvalue weighted by molar-refractivity contribution is 0.117. The van der Waals surface area contributed by atoms with Crippen molar-refractivity contribution in [1.82, 2.24) is 10.2 Å². The van der Waals surface area contributed by atoms with E-state index in [1.165, 1.54) is 30.5 Å². The van der Waals surface area contributed by atoms with Gasteiger partial charge in [0.2, 0.25) is 0 Å². The molecule has 2 rings (SSSR count). The Hall–Kier alpha value is -0.860. The van der Waals surface area contributed by atoms with E-state index in [2.05, 4.69) is 55.3 Å². The van der Waals surface area contributed by atoms with Crippen LogP contribution in [0.4, 0.5) is 0 Å². The van der Waals surface area contributed by atoms with Crippen LogP contribution in [0, 0.1) is 5.92 Å². The maximum Gasteiger partial charge on any atom is 0.0236 e. The van der Waals surface area contributed by atoms with Crippen molar-refractivity contribution in [2.75, 3.05) is 20.1 Å². The lowest BCUT2D eigenvalue weighted by Gasteiger charge is -2.36. The van der Waals surface area contributed by atoms with Gasteiger partial charge in [0.1, 0.15) is 0 Å². The normalized spacial score (nSPS) is 25.6. The van der Waals surface area contributed by atoms with Crippen LogP contribution >= 0.6 is 0 Å². The lowest BCUT2D eigenvalue weighted by Crippen LogP contribution is -2.40. The highest BCUT2D eigenvalue weighted by Gasteiger charge is 2.22. The molecule has 1 aliphatic heterocycles. The molecular weight excluding hydrogens is 244 g/mol. The zero-order valence-corrected chi connectivity index (χ0v) is 13.5. The van der Waals surface area contributed by atoms with Gasteiger partial charge in [0.05, 0.1) is 0 Å². The van der Waals surface area contributed by atoms with Crippen LogP contribution in [-0.2, 0) is 6.54 Å². The first kappa shape index (κ1) is 15.5. The SMILES string of the molecule is CNCC(C)c1ccc(CN2CC(C)CCC2C)cc1. The maximum atomic E-state index is 3.25. The van der Waals surface area contributed by atoms with Gasteiger partial charge in [0.15, 0.2) is 0 Å². The fourth-order valence-corrected chi connectivity index (χ4v) is 3.21. The number of hydrogen-bond donors (Lipinski definition) is 1. The fraction of sp³-hybridized carbons (Fsp3) is 0.667. The third-order valence-corrected chi connectivity index (χ3v) is 4.69. The van der Waals surface area contributed by atoms with Crippen molar-refractivity contribution in [1.29, 1.82) is 0 Å². The first-order valence-corrected chi connectivity index (χ1v) is 8.07. The summed E-state index contributed by atoms with van der Waals surface area (Å²) in [5.41, 5.74) is 2.88. The van der Waals surface area contributed by atoms with E-state index < -0.39 is 0 Å². The van der Waals surface area contributed by atoms with Gasteiger partial charge in [-0.15, -0.1) is 0 Å². The average molecular weight is 274 g/mol. The summed E-state index contributed by atoms with van der Waals surface area (Å²) in [6, 6.07) is 9.96. The highest BCUT2D eigenvalue weighted by molar-refractivity contribution is 5.25. The van der Waals surface area contributed by atoms with E-state index in [-0.39, 0.29) is 0 Å². The third kappa shape index (κ3) is 4.07. The van der Waals surface area contributed by atoms with Crippen LogP contribution in [0.1, 0.15) is 50.7 Å². The fourth-order valence-electron chi connectivity index (χ4n) is 3.21. The summed E-state index contributed by atoms with van der Waals surface area (Å²) in [5.74, 6) is 1.43. The van der Waals surface area contributed by atoms with Crippen LogP contribution in [-0.4, -0.2) is 31.1 Å². The Morgan fingerprint density at radius 3 is 2.55 bits per heavy atom. The zero-order valence-electron chi connectivity index (χ0n) is 13.5. The van der Waals surface area contributed by atoms with Crippen molar-refractivity contribution in [2.24, 2.45) is 5.92 Å². The Morgan fingerprint density at radius 2 is 1.90 bits per heavy atom. The van der Waals surface area contributed by atoms with Crippen molar-refractivity contribution in [2.45, 2.75) is 52.1 Å². The molecule has 1 N–H and O–H groups in total. The van der Waals surface area contributed by atoms with Gasteiger partial charge in [-0.1, -0.05) is 38.1 Å². The molecule has 1 aromatic carbocycles. The molecule has 1 aliphatic rings. The molecule has 0 aliphatic carbocycles. The monoisotopic (exact) mass is 274 g/mol. The molecule has 1 saturated heterocycles. The van der Waals surface area contributed by atoms with Crippen molar-refractivity contribution >= 4 is 0 Å². The van der Waals surface area contributed by atoms with Crippen LogP contribution in [0.5, 0.6) is 0 Å². The summed E-state index contributed by atoms with van der Waals surface area (Å²) in [6.07, 6.45) is 2.73. The molecule has 112 valence electrons. The van der Waals surface area contributed by atoms with Crippen molar-refractivity contribution in [3.63, 3.8) is 0 Å². The predicted molar refractivity (Wildman–Crippen MR) is 87.1 cm³/mol. The van der Waals surface area contributed by atoms with E-state index in [0.29, 0.717) is 5.92 Å². The quantitative estimate of drug-likeness (QED) is 0.882. The van der Waals surface area contributed by atoms with Gasteiger partial charge in [-0.05, 0) is 49.8 Å². The second kappa shape index (κ2) is 7.24. The second-order valence-electron chi connectivity index (χ2n) is 6.66. The Morgan fingerprint density at radius 1 is 1.20 bits per heavy atom. The van der Waals surface area contributed by atoms with E-state index in [9.17, 15) is 0 Å². The molecular formula is C18H30N2. The average Bonchev–Trinajstić information content (AvgIpc) is 2.44. The molecule has 1 heterocycles. The first-order valence-electron chi connectivity index (χ1n) is 8.07. The number of rotatable bonds is 5. The number of hydrogen-bond acceptors (Lipinski definition) is 2. The van der Waals surface area contributed by atoms with E-state index in [1.54, 1.807) is 0 Å². The number of nitrogens with zero attached hydrogens (tertiary/aromatic N) is 1. The number of piperidine rings is 1. The van der Waals surface area contributed by atoms with Crippen molar-refractivity contribution in [3.8, 4) is 0 Å². The molecule has 0 bridgehead atoms. The smallest absolute Gasteiger partial charge is 0.0236 e. The molecule has 3 unspecified atom stereocenters. The van der Waals surface area contributed by atoms with Crippen molar-refractivity contribution in [3.05, 3.63) is 35.4 Å². The van der Waals surface area contributed by atoms with Gasteiger partial charge in [0.25, 0.3) is 0 Å². The van der Waals surface area contributed by atoms with Crippen molar-refractivity contribution < 1.29 is 0 Å². The van der Waals surface area contributed by atoms with Crippen LogP contribution in [0.3, 0.4) is 0 Å². The molecule has 20 heavy (non-hydrogen) atoms. The van der Waals surface area contributed by atoms with Crippen LogP contribution in [0.15, 0.2) is 24.3 Å². The summed E-state index contributed by atoms with van der Waals surface area (Å²) in [4.78, 5) is 2.64. The second-order valence-corrected chi connectivity index (χ2v) is 6.66. The summed E-state index contributed by atoms with van der Waals surface area (Å²) in [7, 11) is 2.02. The number of nitrogens with one attached hydrogen (secondary N) is 1. The molecule has 2 nitrogen and oxygen atoms in total. The molecule has 0 spiro atoms. The van der Waals surface area contributed by atoms with E-state index in [1.807, 2.05) is 7.05 Å². The van der Waals surface area contributed by atoms with Gasteiger partial charge < -0.3 is 5.32 Å². The molecule has 2 heteroatoms. The number of benzene rings is 1. The lowest BCUT2D eigenvalue weighted by atomic mass is 9.94. The molecule has 1 aromatic rings. The molecule has 0 radical (unpaired) electrons. The zero-order chi connectivity index (χ0) is 14.5.